The average Bonchev–Trinajstić information content (AvgIpc) is 2.95. The first-order chi connectivity index (χ1) is 18.9. The van der Waals surface area contributed by atoms with Gasteiger partial charge in [-0.05, 0) is 77.9 Å². The smallest absolute Gasteiger partial charge is 0.548 e. The van der Waals surface area contributed by atoms with Gasteiger partial charge in [0, 0.05) is 5.56 Å². The van der Waals surface area contributed by atoms with Crippen LogP contribution in [0.2, 0.25) is 0 Å². The predicted molar refractivity (Wildman–Crippen MR) is 153 cm³/mol. The van der Waals surface area contributed by atoms with Gasteiger partial charge in [-0.3, -0.25) is 4.79 Å². The maximum atomic E-state index is 13.2. The molecule has 198 valence electrons. The van der Waals surface area contributed by atoms with Gasteiger partial charge in [0.2, 0.25) is 5.88 Å². The van der Waals surface area contributed by atoms with E-state index in [-0.39, 0.29) is 25.3 Å². The average molecular weight is 546 g/mol. The molecule has 0 aliphatic heterocycles. The summed E-state index contributed by atoms with van der Waals surface area (Å²) in [5, 5.41) is 14.2. The third kappa shape index (κ3) is 8.33. The maximum absolute atomic E-state index is 13.2. The zero-order valence-corrected chi connectivity index (χ0v) is 23.5. The van der Waals surface area contributed by atoms with Gasteiger partial charge in [-0.15, -0.1) is 0 Å². The second-order valence-corrected chi connectivity index (χ2v) is 9.76. The first-order valence-electron chi connectivity index (χ1n) is 12.4. The van der Waals surface area contributed by atoms with Crippen molar-refractivity contribution in [2.75, 3.05) is 12.0 Å². The number of aromatic nitrogens is 2. The third-order valence-electron chi connectivity index (χ3n) is 5.98. The summed E-state index contributed by atoms with van der Waals surface area (Å²) in [7, 11) is 0. The van der Waals surface area contributed by atoms with E-state index in [4.69, 9.17) is 4.74 Å². The topological polar surface area (TPSA) is 104 Å². The fraction of sp³-hybridized carbons (Fsp3) is 0.161. The molecule has 0 saturated carbocycles. The number of ether oxygens (including phenoxy) is 1. The van der Waals surface area contributed by atoms with Crippen LogP contribution in [0, 0.1) is 6.92 Å². The second kappa shape index (κ2) is 15.1. The molecule has 0 radical (unpaired) electrons. The summed E-state index contributed by atoms with van der Waals surface area (Å²) in [6.45, 7) is 1.97. The van der Waals surface area contributed by atoms with Gasteiger partial charge in [0.05, 0.1) is 30.1 Å². The van der Waals surface area contributed by atoms with Crippen LogP contribution in [0.3, 0.4) is 0 Å². The summed E-state index contributed by atoms with van der Waals surface area (Å²) >= 11 is 1.51. The van der Waals surface area contributed by atoms with Crippen molar-refractivity contribution in [3.8, 4) is 22.8 Å². The number of amides is 1. The van der Waals surface area contributed by atoms with E-state index in [1.54, 1.807) is 18.5 Å². The molecule has 1 atom stereocenters. The molecule has 1 heterocycles. The number of carbonyl (C=O) groups excluding carboxylic acids is 2. The van der Waals surface area contributed by atoms with Crippen molar-refractivity contribution >= 4 is 35.8 Å². The largest absolute Gasteiger partial charge is 1.00 e. The van der Waals surface area contributed by atoms with E-state index in [0.29, 0.717) is 34.2 Å². The van der Waals surface area contributed by atoms with E-state index in [1.165, 1.54) is 11.8 Å². The number of nitrogens with zero attached hydrogens (tertiary/aromatic N) is 2. The molecule has 4 aromatic rings. The zero-order valence-electron chi connectivity index (χ0n) is 22.7. The molecule has 0 aliphatic rings. The number of thioether (sulfide) groups is 1. The van der Waals surface area contributed by atoms with Crippen molar-refractivity contribution in [3.63, 3.8) is 0 Å². The van der Waals surface area contributed by atoms with Crippen molar-refractivity contribution in [2.45, 2.75) is 19.4 Å². The number of aliphatic carboxylic acids is 1. The number of nitrogens with one attached hydrogen (secondary N) is 1. The van der Waals surface area contributed by atoms with Gasteiger partial charge in [0.25, 0.3) is 5.91 Å². The molecule has 0 aliphatic carbocycles. The normalized spacial score (nSPS) is 11.4. The quantitative estimate of drug-likeness (QED) is 0.288. The van der Waals surface area contributed by atoms with Crippen LogP contribution < -0.4 is 34.0 Å². The third-order valence-corrected chi connectivity index (χ3v) is 6.63. The molecule has 3 aromatic carbocycles. The standard InChI is InChI=1S/C31H29N3O4S.Li/c1-21-8-6-7-11-25(21)27-18-22(13-15-26(27)30(35)34-28(31(36)37)16-17-39-2)12-14-23-19-33-29(20-32-23)38-24-9-4-3-5-10-24;/h3-15,18-20,28H,16-17H2,1-2H3,(H,34,35)(H,36,37);/q;+1/p-1/b14-12+;/t28-;/m0./s1. The SMILES string of the molecule is CSCC[C@H](NC(=O)c1ccc(/C=C/c2cnc(Oc3ccccc3)cn2)cc1-c1ccccc1C)C(=O)[O-].[Li+]. The van der Waals surface area contributed by atoms with Crippen LogP contribution >= 0.6 is 11.8 Å². The number of benzene rings is 3. The predicted octanol–water partition coefficient (Wildman–Crippen LogP) is 2.02. The summed E-state index contributed by atoms with van der Waals surface area (Å²) in [4.78, 5) is 33.6. The Morgan fingerprint density at radius 3 is 2.40 bits per heavy atom. The maximum Gasteiger partial charge on any atom is 1.00 e. The van der Waals surface area contributed by atoms with E-state index in [2.05, 4.69) is 15.3 Å². The molecule has 0 bridgehead atoms. The fourth-order valence-corrected chi connectivity index (χ4v) is 4.41. The van der Waals surface area contributed by atoms with Crippen molar-refractivity contribution in [1.29, 1.82) is 0 Å². The van der Waals surface area contributed by atoms with E-state index in [1.807, 2.05) is 92.1 Å². The molecule has 0 unspecified atom stereocenters. The monoisotopic (exact) mass is 545 g/mol. The minimum absolute atomic E-state index is 0. The number of para-hydroxylation sites is 1. The number of aryl methyl sites for hydroxylation is 1. The Morgan fingerprint density at radius 1 is 0.975 bits per heavy atom. The van der Waals surface area contributed by atoms with Crippen LogP contribution in [-0.2, 0) is 4.79 Å². The van der Waals surface area contributed by atoms with Gasteiger partial charge in [-0.2, -0.15) is 11.8 Å². The van der Waals surface area contributed by atoms with Gasteiger partial charge in [0.1, 0.15) is 5.75 Å². The summed E-state index contributed by atoms with van der Waals surface area (Å²) in [5.74, 6) is -0.0917. The summed E-state index contributed by atoms with van der Waals surface area (Å²) in [5.41, 5.74) is 4.45. The van der Waals surface area contributed by atoms with Crippen molar-refractivity contribution in [1.82, 2.24) is 15.3 Å². The van der Waals surface area contributed by atoms with Gasteiger partial charge in [-0.25, -0.2) is 9.97 Å². The molecular formula is C31H28LiN3O4S. The molecule has 0 spiro atoms. The Kier molecular flexibility index (Phi) is 11.6. The number of carboxylic acid groups (broad SMARTS) is 1. The van der Waals surface area contributed by atoms with Crippen LogP contribution in [0.25, 0.3) is 23.3 Å². The fourth-order valence-electron chi connectivity index (χ4n) is 3.94. The number of hydrogen-bond donors (Lipinski definition) is 1. The Balaban J connectivity index is 0.00000441. The molecule has 1 amide bonds. The van der Waals surface area contributed by atoms with Gasteiger partial charge in [-0.1, -0.05) is 54.6 Å². The molecule has 1 N–H and O–H groups in total. The van der Waals surface area contributed by atoms with Crippen LogP contribution in [0.5, 0.6) is 11.6 Å². The molecule has 4 rings (SSSR count). The zero-order chi connectivity index (χ0) is 27.6. The summed E-state index contributed by atoms with van der Waals surface area (Å²) in [6, 6.07) is 21.5. The number of carboxylic acids is 1. The molecular weight excluding hydrogens is 517 g/mol. The molecule has 7 nitrogen and oxygen atoms in total. The van der Waals surface area contributed by atoms with Gasteiger partial charge >= 0.3 is 18.9 Å². The molecule has 1 aromatic heterocycles. The van der Waals surface area contributed by atoms with Crippen molar-refractivity contribution < 1.29 is 38.3 Å². The first-order valence-corrected chi connectivity index (χ1v) is 13.8. The van der Waals surface area contributed by atoms with E-state index in [0.717, 1.165) is 16.7 Å². The van der Waals surface area contributed by atoms with Crippen LogP contribution in [0.1, 0.15) is 33.6 Å². The summed E-state index contributed by atoms with van der Waals surface area (Å²) in [6.07, 6.45) is 9.05. The van der Waals surface area contributed by atoms with E-state index >= 15 is 0 Å². The molecule has 9 heteroatoms. The van der Waals surface area contributed by atoms with Gasteiger partial charge in [0.15, 0.2) is 0 Å². The second-order valence-electron chi connectivity index (χ2n) is 8.77. The van der Waals surface area contributed by atoms with Crippen molar-refractivity contribution in [2.24, 2.45) is 0 Å². The Labute approximate surface area is 250 Å². The first kappa shape index (κ1) is 30.7. The Hall–Kier alpha value is -3.83. The minimum Gasteiger partial charge on any atom is -0.548 e. The van der Waals surface area contributed by atoms with Crippen LogP contribution in [-0.4, -0.2) is 39.9 Å². The molecule has 0 fully saturated rings. The van der Waals surface area contributed by atoms with E-state index < -0.39 is 17.9 Å². The molecule has 40 heavy (non-hydrogen) atoms. The molecule has 0 saturated heterocycles. The minimum atomic E-state index is -1.30. The Bertz CT molecular complexity index is 1460. The van der Waals surface area contributed by atoms with Crippen LogP contribution in [0.15, 0.2) is 85.2 Å². The van der Waals surface area contributed by atoms with Gasteiger partial charge < -0.3 is 20.0 Å². The van der Waals surface area contributed by atoms with Crippen molar-refractivity contribution in [3.05, 3.63) is 108 Å². The number of hydrogen-bond acceptors (Lipinski definition) is 7. The summed E-state index contributed by atoms with van der Waals surface area (Å²) < 4.78 is 5.69. The van der Waals surface area contributed by atoms with Crippen LogP contribution in [0.4, 0.5) is 0 Å². The van der Waals surface area contributed by atoms with E-state index in [9.17, 15) is 14.7 Å². The number of rotatable bonds is 11. The Morgan fingerprint density at radius 2 is 1.73 bits per heavy atom. The number of carbonyl (C=O) groups is 2.